The molecule has 172 valence electrons. The van der Waals surface area contributed by atoms with Crippen LogP contribution in [0.15, 0.2) is 30.3 Å². The van der Waals surface area contributed by atoms with Crippen LogP contribution in [-0.2, 0) is 25.5 Å². The molecule has 0 N–H and O–H groups in total. The fraction of sp³-hybridized carbons (Fsp3) is 0.640. The van der Waals surface area contributed by atoms with Gasteiger partial charge in [0.25, 0.3) is 0 Å². The number of carbonyl (C=O) groups excluding carboxylic acids is 2. The number of nitrogens with zero attached hydrogens (tertiary/aromatic N) is 1. The van der Waals surface area contributed by atoms with Crippen LogP contribution in [0.2, 0.25) is 0 Å². The Morgan fingerprint density at radius 2 is 1.33 bits per heavy atom. The summed E-state index contributed by atoms with van der Waals surface area (Å²) in [7, 11) is 2.80. The summed E-state index contributed by atoms with van der Waals surface area (Å²) >= 11 is 0. The molecule has 0 amide bonds. The van der Waals surface area contributed by atoms with Gasteiger partial charge in [0, 0.05) is 12.3 Å². The summed E-state index contributed by atoms with van der Waals surface area (Å²) in [5, 5.41) is 7.89. The summed E-state index contributed by atoms with van der Waals surface area (Å²) in [6.45, 7) is 15.8. The van der Waals surface area contributed by atoms with Gasteiger partial charge in [0.05, 0.1) is 26.2 Å². The van der Waals surface area contributed by atoms with Crippen LogP contribution < -0.4 is 0 Å². The number of ether oxygens (including phenoxy) is 2. The lowest BCUT2D eigenvalue weighted by molar-refractivity contribution is -0.144. The molecular weight excluding hydrogens is 378 g/mol. The number of hydrogen-bond acceptors (Lipinski definition) is 5. The minimum absolute atomic E-state index is 0.00463. The summed E-state index contributed by atoms with van der Waals surface area (Å²) in [6, 6.07) is 12.6. The molecule has 0 saturated heterocycles. The van der Waals surface area contributed by atoms with E-state index in [9.17, 15) is 9.59 Å². The SMILES string of the molecule is CC(C)C#N.CC(C)Cc1ccccc1.COC(=O)C(C)C.COC(=O)CC(C)C. The van der Waals surface area contributed by atoms with E-state index in [2.05, 4.69) is 53.7 Å². The van der Waals surface area contributed by atoms with E-state index >= 15 is 0 Å². The molecule has 0 saturated carbocycles. The largest absolute Gasteiger partial charge is 0.469 e. The summed E-state index contributed by atoms with van der Waals surface area (Å²) in [6.07, 6.45) is 1.72. The van der Waals surface area contributed by atoms with Gasteiger partial charge in [-0.05, 0) is 37.7 Å². The molecule has 30 heavy (non-hydrogen) atoms. The molecule has 0 spiro atoms. The molecular formula is C25H43NO4. The van der Waals surface area contributed by atoms with Crippen molar-refractivity contribution in [3.8, 4) is 6.07 Å². The number of benzene rings is 1. The van der Waals surface area contributed by atoms with Crippen LogP contribution in [0.3, 0.4) is 0 Å². The van der Waals surface area contributed by atoms with E-state index in [4.69, 9.17) is 5.26 Å². The smallest absolute Gasteiger partial charge is 0.308 e. The lowest BCUT2D eigenvalue weighted by Crippen LogP contribution is -2.07. The predicted octanol–water partition coefficient (Wildman–Crippen LogP) is 6.07. The van der Waals surface area contributed by atoms with E-state index in [1.165, 1.54) is 26.2 Å². The number of carbonyl (C=O) groups is 2. The van der Waals surface area contributed by atoms with Crippen molar-refractivity contribution in [3.63, 3.8) is 0 Å². The van der Waals surface area contributed by atoms with Crippen molar-refractivity contribution < 1.29 is 19.1 Å². The van der Waals surface area contributed by atoms with Crippen LogP contribution >= 0.6 is 0 Å². The van der Waals surface area contributed by atoms with Gasteiger partial charge >= 0.3 is 11.9 Å². The number of nitriles is 1. The van der Waals surface area contributed by atoms with E-state index in [1.807, 2.05) is 33.8 Å². The zero-order chi connectivity index (χ0) is 24.1. The van der Waals surface area contributed by atoms with Gasteiger partial charge < -0.3 is 9.47 Å². The second-order valence-electron chi connectivity index (χ2n) is 8.22. The van der Waals surface area contributed by atoms with Gasteiger partial charge in [-0.25, -0.2) is 0 Å². The maximum Gasteiger partial charge on any atom is 0.308 e. The summed E-state index contributed by atoms with van der Waals surface area (Å²) in [4.78, 5) is 20.7. The van der Waals surface area contributed by atoms with Crippen molar-refractivity contribution in [1.29, 1.82) is 5.26 Å². The Morgan fingerprint density at radius 1 is 0.867 bits per heavy atom. The summed E-state index contributed by atoms with van der Waals surface area (Å²) < 4.78 is 8.79. The molecule has 0 aliphatic heterocycles. The van der Waals surface area contributed by atoms with Crippen LogP contribution in [0.25, 0.3) is 0 Å². The summed E-state index contributed by atoms with van der Waals surface area (Å²) in [5.41, 5.74) is 1.44. The van der Waals surface area contributed by atoms with E-state index in [1.54, 1.807) is 13.8 Å². The Balaban J connectivity index is -0.000000335. The van der Waals surface area contributed by atoms with Crippen molar-refractivity contribution >= 4 is 11.9 Å². The third-order valence-electron chi connectivity index (χ3n) is 3.22. The normalized spacial score (nSPS) is 9.37. The van der Waals surface area contributed by atoms with Gasteiger partial charge in [-0.3, -0.25) is 9.59 Å². The minimum atomic E-state index is -0.153. The first-order valence-electron chi connectivity index (χ1n) is 10.5. The average molecular weight is 422 g/mol. The van der Waals surface area contributed by atoms with Gasteiger partial charge in [0.15, 0.2) is 0 Å². The highest BCUT2D eigenvalue weighted by Crippen LogP contribution is 2.06. The molecule has 1 rings (SSSR count). The van der Waals surface area contributed by atoms with E-state index in [0.29, 0.717) is 12.3 Å². The molecule has 5 nitrogen and oxygen atoms in total. The Hall–Kier alpha value is -2.35. The van der Waals surface area contributed by atoms with Gasteiger partial charge in [-0.15, -0.1) is 0 Å². The van der Waals surface area contributed by atoms with Gasteiger partial charge in [0.1, 0.15) is 0 Å². The lowest BCUT2D eigenvalue weighted by Gasteiger charge is -2.02. The Bertz CT molecular complexity index is 573. The van der Waals surface area contributed by atoms with Gasteiger partial charge in [0.2, 0.25) is 0 Å². The van der Waals surface area contributed by atoms with E-state index < -0.39 is 0 Å². The number of rotatable bonds is 5. The maximum atomic E-state index is 10.4. The monoisotopic (exact) mass is 421 g/mol. The van der Waals surface area contributed by atoms with Crippen molar-refractivity contribution in [1.82, 2.24) is 0 Å². The molecule has 0 atom stereocenters. The van der Waals surface area contributed by atoms with Crippen LogP contribution in [0, 0.1) is 35.0 Å². The molecule has 1 aromatic rings. The fourth-order valence-electron chi connectivity index (χ4n) is 1.74. The third kappa shape index (κ3) is 27.9. The zero-order valence-electron chi connectivity index (χ0n) is 20.7. The van der Waals surface area contributed by atoms with Crippen molar-refractivity contribution in [2.45, 2.75) is 68.2 Å². The highest BCUT2D eigenvalue weighted by Gasteiger charge is 2.03. The molecule has 0 fully saturated rings. The lowest BCUT2D eigenvalue weighted by atomic mass is 10.0. The zero-order valence-corrected chi connectivity index (χ0v) is 20.7. The first-order valence-corrected chi connectivity index (χ1v) is 10.5. The molecule has 0 unspecified atom stereocenters. The van der Waals surface area contributed by atoms with Crippen LogP contribution in [0.4, 0.5) is 0 Å². The van der Waals surface area contributed by atoms with E-state index in [-0.39, 0.29) is 23.8 Å². The maximum absolute atomic E-state index is 10.4. The van der Waals surface area contributed by atoms with Crippen LogP contribution in [-0.4, -0.2) is 26.2 Å². The first-order chi connectivity index (χ1) is 13.9. The first kappa shape index (κ1) is 32.3. The Labute approximate surface area is 184 Å². The molecule has 0 aromatic heterocycles. The van der Waals surface area contributed by atoms with Gasteiger partial charge in [-0.1, -0.05) is 71.9 Å². The van der Waals surface area contributed by atoms with Crippen molar-refractivity contribution in [2.24, 2.45) is 23.7 Å². The topological polar surface area (TPSA) is 76.4 Å². The molecule has 0 radical (unpaired) electrons. The number of esters is 2. The van der Waals surface area contributed by atoms with Crippen molar-refractivity contribution in [2.75, 3.05) is 14.2 Å². The van der Waals surface area contributed by atoms with E-state index in [0.717, 1.165) is 5.92 Å². The summed E-state index contributed by atoms with van der Waals surface area (Å²) in [5.74, 6) is 1.09. The highest BCUT2D eigenvalue weighted by atomic mass is 16.5. The molecule has 0 heterocycles. The van der Waals surface area contributed by atoms with Crippen LogP contribution in [0.5, 0.6) is 0 Å². The quantitative estimate of drug-likeness (QED) is 0.539. The molecule has 0 bridgehead atoms. The van der Waals surface area contributed by atoms with Gasteiger partial charge in [-0.2, -0.15) is 5.26 Å². The second kappa shape index (κ2) is 21.4. The highest BCUT2D eigenvalue weighted by molar-refractivity contribution is 5.71. The van der Waals surface area contributed by atoms with Crippen molar-refractivity contribution in [3.05, 3.63) is 35.9 Å². The second-order valence-corrected chi connectivity index (χ2v) is 8.22. The Morgan fingerprint density at radius 3 is 1.53 bits per heavy atom. The fourth-order valence-corrected chi connectivity index (χ4v) is 1.74. The number of methoxy groups -OCH3 is 2. The van der Waals surface area contributed by atoms with Crippen LogP contribution in [0.1, 0.15) is 67.4 Å². The molecule has 0 aliphatic carbocycles. The molecule has 0 aliphatic rings. The minimum Gasteiger partial charge on any atom is -0.469 e. The standard InChI is InChI=1S/C10H14.C6H12O2.C5H10O2.C4H7N/c1-9(2)8-10-6-4-3-5-7-10;1-5(2)4-6(7)8-3;1-4(2)5(6)7-3;1-4(2)3-5/h3-7,9H,8H2,1-2H3;5H,4H2,1-3H3;4H,1-3H3;4H,1-2H3. The average Bonchev–Trinajstić information content (AvgIpc) is 2.68. The molecule has 1 aromatic carbocycles. The third-order valence-corrected chi connectivity index (χ3v) is 3.22. The Kier molecular flexibility index (Phi) is 23.0. The predicted molar refractivity (Wildman–Crippen MR) is 124 cm³/mol. The molecule has 5 heteroatoms. The number of hydrogen-bond donors (Lipinski definition) is 0.